The van der Waals surface area contributed by atoms with Gasteiger partial charge in [-0.2, -0.15) is 10.2 Å². The maximum atomic E-state index is 12.4. The number of pyridine rings is 1. The Labute approximate surface area is 149 Å². The molecule has 8 heteroatoms. The van der Waals surface area contributed by atoms with E-state index in [0.717, 1.165) is 11.3 Å². The topological polar surface area (TPSA) is 94.8 Å². The van der Waals surface area contributed by atoms with Crippen molar-refractivity contribution in [3.63, 3.8) is 0 Å². The maximum Gasteiger partial charge on any atom is 0.267 e. The van der Waals surface area contributed by atoms with Crippen LogP contribution in [0.1, 0.15) is 11.7 Å². The van der Waals surface area contributed by atoms with Crippen LogP contribution in [0.15, 0.2) is 53.6 Å². The van der Waals surface area contributed by atoms with Crippen LogP contribution in [0.3, 0.4) is 0 Å². The van der Waals surface area contributed by atoms with Crippen molar-refractivity contribution in [2.75, 3.05) is 18.5 Å². The number of nitrogens with zero attached hydrogens (tertiary/aromatic N) is 5. The first kappa shape index (κ1) is 16.3. The van der Waals surface area contributed by atoms with E-state index in [0.29, 0.717) is 24.7 Å². The lowest BCUT2D eigenvalue weighted by Crippen LogP contribution is -2.37. The van der Waals surface area contributed by atoms with E-state index < -0.39 is 0 Å². The van der Waals surface area contributed by atoms with Gasteiger partial charge in [0.05, 0.1) is 30.6 Å². The van der Waals surface area contributed by atoms with Gasteiger partial charge in [0.15, 0.2) is 0 Å². The molecule has 2 atom stereocenters. The molecule has 1 aliphatic heterocycles. The lowest BCUT2D eigenvalue weighted by molar-refractivity contribution is 0.183. The lowest BCUT2D eigenvalue weighted by atomic mass is 10.1. The number of nitrogens with one attached hydrogen (secondary N) is 1. The molecule has 0 bridgehead atoms. The number of hydrogen-bond acceptors (Lipinski definition) is 7. The van der Waals surface area contributed by atoms with E-state index in [9.17, 15) is 4.79 Å². The molecule has 0 saturated carbocycles. The fourth-order valence-corrected chi connectivity index (χ4v) is 2.92. The van der Waals surface area contributed by atoms with Crippen LogP contribution in [0.5, 0.6) is 0 Å². The third kappa shape index (κ3) is 3.31. The monoisotopic (exact) mass is 350 g/mol. The van der Waals surface area contributed by atoms with Gasteiger partial charge in [-0.3, -0.25) is 9.78 Å². The van der Waals surface area contributed by atoms with Crippen molar-refractivity contribution in [3.05, 3.63) is 64.8 Å². The fourth-order valence-electron chi connectivity index (χ4n) is 2.92. The molecular weight excluding hydrogens is 332 g/mol. The highest BCUT2D eigenvalue weighted by Gasteiger charge is 2.31. The number of aryl methyl sites for hydroxylation is 1. The van der Waals surface area contributed by atoms with E-state index in [2.05, 4.69) is 25.6 Å². The molecular formula is C18H18N6O2. The number of anilines is 1. The number of aromatic nitrogens is 5. The van der Waals surface area contributed by atoms with Gasteiger partial charge in [-0.15, -0.1) is 5.10 Å². The molecule has 3 aromatic heterocycles. The summed E-state index contributed by atoms with van der Waals surface area (Å²) in [6.45, 7) is 2.75. The fraction of sp³-hybridized carbons (Fsp3) is 0.278. The predicted molar refractivity (Wildman–Crippen MR) is 95.8 cm³/mol. The first-order valence-corrected chi connectivity index (χ1v) is 8.35. The van der Waals surface area contributed by atoms with Crippen LogP contribution in [-0.2, 0) is 4.74 Å². The number of hydrogen-bond donors (Lipinski definition) is 1. The Morgan fingerprint density at radius 2 is 2.08 bits per heavy atom. The number of rotatable bonds is 4. The zero-order chi connectivity index (χ0) is 17.9. The second-order valence-electron chi connectivity index (χ2n) is 6.16. The molecule has 4 heterocycles. The van der Waals surface area contributed by atoms with E-state index in [1.165, 1.54) is 10.7 Å². The third-order valence-corrected chi connectivity index (χ3v) is 4.28. The summed E-state index contributed by atoms with van der Waals surface area (Å²) in [6.07, 6.45) is 3.42. The number of ether oxygens (including phenoxy) is 1. The van der Waals surface area contributed by atoms with Crippen LogP contribution in [-0.4, -0.2) is 44.2 Å². The second-order valence-corrected chi connectivity index (χ2v) is 6.16. The van der Waals surface area contributed by atoms with Gasteiger partial charge in [0, 0.05) is 24.0 Å². The van der Waals surface area contributed by atoms with Gasteiger partial charge in [0.25, 0.3) is 5.56 Å². The van der Waals surface area contributed by atoms with Crippen molar-refractivity contribution in [2.24, 2.45) is 0 Å². The normalized spacial score (nSPS) is 19.4. The maximum absolute atomic E-state index is 12.4. The SMILES string of the molecule is Cc1ccc(NC2COCC2n2nc(-c3cccnc3)ccc2=O)nn1. The molecule has 1 fully saturated rings. The molecule has 2 unspecified atom stereocenters. The summed E-state index contributed by atoms with van der Waals surface area (Å²) in [7, 11) is 0. The first-order chi connectivity index (χ1) is 12.7. The van der Waals surface area contributed by atoms with Crippen LogP contribution < -0.4 is 10.9 Å². The Bertz CT molecular complexity index is 942. The van der Waals surface area contributed by atoms with Gasteiger partial charge in [0.1, 0.15) is 11.9 Å². The lowest BCUT2D eigenvalue weighted by Gasteiger charge is -2.21. The van der Waals surface area contributed by atoms with Crippen LogP contribution in [0.4, 0.5) is 5.82 Å². The van der Waals surface area contributed by atoms with Crippen LogP contribution in [0, 0.1) is 6.92 Å². The smallest absolute Gasteiger partial charge is 0.267 e. The minimum atomic E-state index is -0.234. The van der Waals surface area contributed by atoms with Crippen molar-refractivity contribution in [2.45, 2.75) is 19.0 Å². The Hall–Kier alpha value is -3.13. The molecule has 0 amide bonds. The van der Waals surface area contributed by atoms with Gasteiger partial charge in [-0.25, -0.2) is 4.68 Å². The zero-order valence-electron chi connectivity index (χ0n) is 14.2. The van der Waals surface area contributed by atoms with Crippen molar-refractivity contribution >= 4 is 5.82 Å². The van der Waals surface area contributed by atoms with Crippen LogP contribution >= 0.6 is 0 Å². The molecule has 1 saturated heterocycles. The minimum absolute atomic E-state index is 0.124. The van der Waals surface area contributed by atoms with Gasteiger partial charge in [0.2, 0.25) is 0 Å². The largest absolute Gasteiger partial charge is 0.377 e. The van der Waals surface area contributed by atoms with Crippen LogP contribution in [0.2, 0.25) is 0 Å². The van der Waals surface area contributed by atoms with E-state index in [-0.39, 0.29) is 17.6 Å². The highest BCUT2D eigenvalue weighted by molar-refractivity contribution is 5.56. The summed E-state index contributed by atoms with van der Waals surface area (Å²) >= 11 is 0. The summed E-state index contributed by atoms with van der Waals surface area (Å²) in [4.78, 5) is 16.5. The molecule has 0 aliphatic carbocycles. The van der Waals surface area contributed by atoms with Crippen LogP contribution in [0.25, 0.3) is 11.3 Å². The summed E-state index contributed by atoms with van der Waals surface area (Å²) in [5.41, 5.74) is 2.22. The van der Waals surface area contributed by atoms with Crippen molar-refractivity contribution in [1.82, 2.24) is 25.0 Å². The van der Waals surface area contributed by atoms with E-state index in [1.54, 1.807) is 18.5 Å². The van der Waals surface area contributed by atoms with Gasteiger partial charge in [-0.1, -0.05) is 0 Å². The van der Waals surface area contributed by atoms with E-state index in [4.69, 9.17) is 4.74 Å². The molecule has 8 nitrogen and oxygen atoms in total. The molecule has 132 valence electrons. The quantitative estimate of drug-likeness (QED) is 0.761. The predicted octanol–water partition coefficient (Wildman–Crippen LogP) is 1.46. The highest BCUT2D eigenvalue weighted by atomic mass is 16.5. The molecule has 4 rings (SSSR count). The minimum Gasteiger partial charge on any atom is -0.377 e. The Morgan fingerprint density at radius 3 is 2.85 bits per heavy atom. The van der Waals surface area contributed by atoms with Gasteiger partial charge >= 0.3 is 0 Å². The Kier molecular flexibility index (Phi) is 4.40. The molecule has 0 spiro atoms. The second kappa shape index (κ2) is 7.01. The van der Waals surface area contributed by atoms with Crippen molar-refractivity contribution < 1.29 is 4.74 Å². The molecule has 26 heavy (non-hydrogen) atoms. The molecule has 0 aromatic carbocycles. The molecule has 0 radical (unpaired) electrons. The molecule has 1 N–H and O–H groups in total. The summed E-state index contributed by atoms with van der Waals surface area (Å²) in [6, 6.07) is 10.4. The van der Waals surface area contributed by atoms with Gasteiger partial charge < -0.3 is 10.1 Å². The van der Waals surface area contributed by atoms with E-state index >= 15 is 0 Å². The molecule has 1 aliphatic rings. The molecule has 3 aromatic rings. The first-order valence-electron chi connectivity index (χ1n) is 8.35. The summed E-state index contributed by atoms with van der Waals surface area (Å²) < 4.78 is 7.08. The average Bonchev–Trinajstić information content (AvgIpc) is 3.13. The third-order valence-electron chi connectivity index (χ3n) is 4.28. The standard InChI is InChI=1S/C18H18N6O2/c1-12-4-6-17(22-21-12)20-15-10-26-11-16(15)24-18(25)7-5-14(23-24)13-3-2-8-19-9-13/h2-9,15-16H,10-11H2,1H3,(H,20,22). The average molecular weight is 350 g/mol. The van der Waals surface area contributed by atoms with Crippen molar-refractivity contribution in [3.8, 4) is 11.3 Å². The van der Waals surface area contributed by atoms with Gasteiger partial charge in [-0.05, 0) is 37.3 Å². The Morgan fingerprint density at radius 1 is 1.15 bits per heavy atom. The summed E-state index contributed by atoms with van der Waals surface area (Å²) in [5.74, 6) is 0.646. The van der Waals surface area contributed by atoms with Crippen molar-refractivity contribution in [1.29, 1.82) is 0 Å². The summed E-state index contributed by atoms with van der Waals surface area (Å²) in [5, 5.41) is 16.0. The Balaban J connectivity index is 1.63. The zero-order valence-corrected chi connectivity index (χ0v) is 14.2. The van der Waals surface area contributed by atoms with E-state index in [1.807, 2.05) is 31.2 Å². The highest BCUT2D eigenvalue weighted by Crippen LogP contribution is 2.22.